The van der Waals surface area contributed by atoms with Gasteiger partial charge in [-0.2, -0.15) is 0 Å². The highest BCUT2D eigenvalue weighted by Gasteiger charge is 2.44. The van der Waals surface area contributed by atoms with E-state index < -0.39 is 0 Å². The molecular weight excluding hydrogens is 248 g/mol. The molecule has 0 aliphatic heterocycles. The average Bonchev–Trinajstić information content (AvgIpc) is 2.50. The molecule has 20 heavy (non-hydrogen) atoms. The minimum absolute atomic E-state index is 0.0585. The molecule has 0 heterocycles. The molecule has 112 valence electrons. The van der Waals surface area contributed by atoms with Gasteiger partial charge >= 0.3 is 0 Å². The van der Waals surface area contributed by atoms with Gasteiger partial charge in [0.05, 0.1) is 11.6 Å². The minimum atomic E-state index is -0.0585. The van der Waals surface area contributed by atoms with E-state index in [9.17, 15) is 0 Å². The number of rotatable bonds is 5. The van der Waals surface area contributed by atoms with Crippen molar-refractivity contribution >= 4 is 5.69 Å². The molecule has 2 unspecified atom stereocenters. The molecular formula is C17H28N2O. The predicted octanol–water partition coefficient (Wildman–Crippen LogP) is 3.11. The Morgan fingerprint density at radius 3 is 2.55 bits per heavy atom. The maximum absolute atomic E-state index is 6.23. The van der Waals surface area contributed by atoms with Crippen LogP contribution in [0.25, 0.3) is 0 Å². The summed E-state index contributed by atoms with van der Waals surface area (Å²) in [5.41, 5.74) is 8.71. The van der Waals surface area contributed by atoms with Crippen molar-refractivity contribution in [2.45, 2.75) is 51.2 Å². The molecule has 1 aliphatic carbocycles. The van der Waals surface area contributed by atoms with E-state index in [0.717, 1.165) is 19.4 Å². The molecule has 0 spiro atoms. The van der Waals surface area contributed by atoms with Gasteiger partial charge in [0.1, 0.15) is 0 Å². The molecule has 2 N–H and O–H groups in total. The van der Waals surface area contributed by atoms with Gasteiger partial charge in [-0.15, -0.1) is 0 Å². The third kappa shape index (κ3) is 2.70. The maximum Gasteiger partial charge on any atom is 0.0815 e. The summed E-state index contributed by atoms with van der Waals surface area (Å²) in [5.74, 6) is 0. The monoisotopic (exact) mass is 276 g/mol. The standard InChI is InChI=1S/C17H28N2O/c1-4-19(15-10-8-14(2)9-11-15)17(13-18)12-6-5-7-16(17)20-3/h8-11,16H,4-7,12-13,18H2,1-3H3. The molecule has 2 atom stereocenters. The molecule has 1 saturated carbocycles. The van der Waals surface area contributed by atoms with Crippen molar-refractivity contribution in [2.75, 3.05) is 25.1 Å². The second kappa shape index (κ2) is 6.59. The summed E-state index contributed by atoms with van der Waals surface area (Å²) in [6.45, 7) is 5.93. The number of likely N-dealkylation sites (N-methyl/N-ethyl adjacent to an activating group) is 1. The zero-order valence-corrected chi connectivity index (χ0v) is 13.1. The van der Waals surface area contributed by atoms with E-state index in [0.29, 0.717) is 6.54 Å². The van der Waals surface area contributed by atoms with Gasteiger partial charge in [-0.1, -0.05) is 30.5 Å². The van der Waals surface area contributed by atoms with E-state index in [-0.39, 0.29) is 11.6 Å². The van der Waals surface area contributed by atoms with Crippen molar-refractivity contribution in [3.63, 3.8) is 0 Å². The van der Waals surface area contributed by atoms with Crippen molar-refractivity contribution in [3.8, 4) is 0 Å². The molecule has 1 aromatic carbocycles. The molecule has 2 rings (SSSR count). The summed E-state index contributed by atoms with van der Waals surface area (Å²) in [6.07, 6.45) is 4.92. The summed E-state index contributed by atoms with van der Waals surface area (Å²) >= 11 is 0. The van der Waals surface area contributed by atoms with Crippen LogP contribution >= 0.6 is 0 Å². The third-order valence-corrected chi connectivity index (χ3v) is 4.76. The quantitative estimate of drug-likeness (QED) is 0.898. The number of ether oxygens (including phenoxy) is 1. The number of aryl methyl sites for hydroxylation is 1. The van der Waals surface area contributed by atoms with Crippen molar-refractivity contribution in [3.05, 3.63) is 29.8 Å². The first-order valence-corrected chi connectivity index (χ1v) is 7.75. The topological polar surface area (TPSA) is 38.5 Å². The Hall–Kier alpha value is -1.06. The molecule has 0 saturated heterocycles. The molecule has 3 heteroatoms. The molecule has 1 aromatic rings. The number of hydrogen-bond acceptors (Lipinski definition) is 3. The lowest BCUT2D eigenvalue weighted by Gasteiger charge is -2.51. The van der Waals surface area contributed by atoms with Crippen LogP contribution in [0.5, 0.6) is 0 Å². The maximum atomic E-state index is 6.23. The van der Waals surface area contributed by atoms with Crippen LogP contribution in [-0.2, 0) is 4.74 Å². The highest BCUT2D eigenvalue weighted by molar-refractivity contribution is 5.51. The highest BCUT2D eigenvalue weighted by atomic mass is 16.5. The second-order valence-corrected chi connectivity index (χ2v) is 5.86. The molecule has 0 radical (unpaired) electrons. The minimum Gasteiger partial charge on any atom is -0.379 e. The Labute approximate surface area is 123 Å². The zero-order chi connectivity index (χ0) is 14.6. The van der Waals surface area contributed by atoms with E-state index in [4.69, 9.17) is 10.5 Å². The number of nitrogens with two attached hydrogens (primary N) is 1. The fraction of sp³-hybridized carbons (Fsp3) is 0.647. The van der Waals surface area contributed by atoms with Gasteiger partial charge in [-0.25, -0.2) is 0 Å². The first-order chi connectivity index (χ1) is 9.67. The molecule has 0 amide bonds. The molecule has 0 aromatic heterocycles. The summed E-state index contributed by atoms with van der Waals surface area (Å²) in [6, 6.07) is 8.76. The van der Waals surface area contributed by atoms with Crippen LogP contribution in [0.15, 0.2) is 24.3 Å². The first-order valence-electron chi connectivity index (χ1n) is 7.75. The summed E-state index contributed by atoms with van der Waals surface area (Å²) in [5, 5.41) is 0. The van der Waals surface area contributed by atoms with E-state index in [1.165, 1.54) is 24.1 Å². The normalized spacial score (nSPS) is 26.5. The summed E-state index contributed by atoms with van der Waals surface area (Å²) < 4.78 is 5.80. The van der Waals surface area contributed by atoms with Crippen LogP contribution in [0.1, 0.15) is 38.2 Å². The van der Waals surface area contributed by atoms with E-state index in [2.05, 4.69) is 43.0 Å². The van der Waals surface area contributed by atoms with E-state index in [1.54, 1.807) is 0 Å². The first kappa shape index (κ1) is 15.3. The number of nitrogens with zero attached hydrogens (tertiary/aromatic N) is 1. The third-order valence-electron chi connectivity index (χ3n) is 4.76. The SMILES string of the molecule is CCN(c1ccc(C)cc1)C1(CN)CCCCC1OC. The number of methoxy groups -OCH3 is 1. The number of hydrogen-bond donors (Lipinski definition) is 1. The lowest BCUT2D eigenvalue weighted by molar-refractivity contribution is 0.00596. The zero-order valence-electron chi connectivity index (χ0n) is 13.1. The fourth-order valence-electron chi connectivity index (χ4n) is 3.66. The van der Waals surface area contributed by atoms with Gasteiger partial charge in [0.25, 0.3) is 0 Å². The van der Waals surface area contributed by atoms with Gasteiger partial charge in [-0.3, -0.25) is 0 Å². The Kier molecular flexibility index (Phi) is 5.06. The average molecular weight is 276 g/mol. The van der Waals surface area contributed by atoms with Crippen molar-refractivity contribution in [1.29, 1.82) is 0 Å². The number of anilines is 1. The van der Waals surface area contributed by atoms with Crippen LogP contribution in [-0.4, -0.2) is 31.8 Å². The van der Waals surface area contributed by atoms with Crippen molar-refractivity contribution < 1.29 is 4.74 Å². The van der Waals surface area contributed by atoms with Crippen LogP contribution < -0.4 is 10.6 Å². The second-order valence-electron chi connectivity index (χ2n) is 5.86. The van der Waals surface area contributed by atoms with Gasteiger partial charge < -0.3 is 15.4 Å². The summed E-state index contributed by atoms with van der Waals surface area (Å²) in [4.78, 5) is 2.46. The molecule has 3 nitrogen and oxygen atoms in total. The van der Waals surface area contributed by atoms with Gasteiger partial charge in [0.15, 0.2) is 0 Å². The molecule has 1 fully saturated rings. The van der Waals surface area contributed by atoms with Gasteiger partial charge in [0, 0.05) is 25.9 Å². The Bertz CT molecular complexity index is 418. The Morgan fingerprint density at radius 1 is 1.30 bits per heavy atom. The Balaban J connectivity index is 2.37. The van der Waals surface area contributed by atoms with Crippen LogP contribution in [0.2, 0.25) is 0 Å². The predicted molar refractivity (Wildman–Crippen MR) is 85.2 cm³/mol. The lowest BCUT2D eigenvalue weighted by Crippen LogP contribution is -2.63. The van der Waals surface area contributed by atoms with Crippen LogP contribution in [0.4, 0.5) is 5.69 Å². The fourth-order valence-corrected chi connectivity index (χ4v) is 3.66. The van der Waals surface area contributed by atoms with E-state index >= 15 is 0 Å². The van der Waals surface area contributed by atoms with E-state index in [1.807, 2.05) is 7.11 Å². The van der Waals surface area contributed by atoms with Crippen molar-refractivity contribution in [2.24, 2.45) is 5.73 Å². The number of benzene rings is 1. The molecule has 0 bridgehead atoms. The Morgan fingerprint density at radius 2 is 2.00 bits per heavy atom. The smallest absolute Gasteiger partial charge is 0.0815 e. The summed E-state index contributed by atoms with van der Waals surface area (Å²) in [7, 11) is 1.82. The van der Waals surface area contributed by atoms with Crippen LogP contribution in [0, 0.1) is 6.92 Å². The largest absolute Gasteiger partial charge is 0.379 e. The van der Waals surface area contributed by atoms with Crippen molar-refractivity contribution in [1.82, 2.24) is 0 Å². The van der Waals surface area contributed by atoms with Gasteiger partial charge in [-0.05, 0) is 38.8 Å². The lowest BCUT2D eigenvalue weighted by atomic mass is 9.77. The van der Waals surface area contributed by atoms with Gasteiger partial charge in [0.2, 0.25) is 0 Å². The van der Waals surface area contributed by atoms with Crippen LogP contribution in [0.3, 0.4) is 0 Å². The molecule has 1 aliphatic rings. The highest BCUT2D eigenvalue weighted by Crippen LogP contribution is 2.37.